The van der Waals surface area contributed by atoms with Gasteiger partial charge in [-0.15, -0.1) is 0 Å². The minimum atomic E-state index is -0.316. The van der Waals surface area contributed by atoms with Crippen LogP contribution in [0.5, 0.6) is 11.5 Å². The van der Waals surface area contributed by atoms with E-state index in [4.69, 9.17) is 14.6 Å². The van der Waals surface area contributed by atoms with Gasteiger partial charge < -0.3 is 9.47 Å². The van der Waals surface area contributed by atoms with E-state index in [0.717, 1.165) is 33.7 Å². The molecule has 5 aromatic carbocycles. The molecule has 1 heterocycles. The molecule has 0 radical (unpaired) electrons. The summed E-state index contributed by atoms with van der Waals surface area (Å²) in [5, 5.41) is 6.79. The molecule has 204 valence electrons. The Morgan fingerprint density at radius 3 is 1.80 bits per heavy atom. The second kappa shape index (κ2) is 12.0. The molecule has 0 fully saturated rings. The van der Waals surface area contributed by atoms with Gasteiger partial charge >= 0.3 is 0 Å². The number of ether oxygens (including phenoxy) is 2. The summed E-state index contributed by atoms with van der Waals surface area (Å²) in [4.78, 5) is 0. The summed E-state index contributed by atoms with van der Waals surface area (Å²) in [6.07, 6.45) is 0.575. The molecule has 0 spiro atoms. The Labute approximate surface area is 238 Å². The molecule has 1 atom stereocenters. The van der Waals surface area contributed by atoms with E-state index in [1.54, 1.807) is 24.3 Å². The topological polar surface area (TPSA) is 34.1 Å². The van der Waals surface area contributed by atoms with Crippen LogP contribution in [-0.4, -0.2) is 5.71 Å². The number of hydrogen-bond donors (Lipinski definition) is 0. The SMILES string of the molecule is Fc1ccc(C2=NN(c3ccc(F)cc3)C(c3ccc(OCc4ccccc4)c(OCc4ccccc4)c3)C2)cc1. The van der Waals surface area contributed by atoms with Crippen LogP contribution < -0.4 is 14.5 Å². The third kappa shape index (κ3) is 6.28. The van der Waals surface area contributed by atoms with Gasteiger partial charge in [-0.2, -0.15) is 5.10 Å². The number of anilines is 1. The van der Waals surface area contributed by atoms with Crippen molar-refractivity contribution in [3.63, 3.8) is 0 Å². The van der Waals surface area contributed by atoms with Crippen LogP contribution in [0, 0.1) is 11.6 Å². The summed E-state index contributed by atoms with van der Waals surface area (Å²) in [6, 6.07) is 38.3. The highest BCUT2D eigenvalue weighted by molar-refractivity contribution is 6.03. The highest BCUT2D eigenvalue weighted by atomic mass is 19.1. The predicted octanol–water partition coefficient (Wildman–Crippen LogP) is 8.48. The number of benzene rings is 5. The smallest absolute Gasteiger partial charge is 0.162 e. The van der Waals surface area contributed by atoms with Gasteiger partial charge in [-0.3, -0.25) is 5.01 Å². The van der Waals surface area contributed by atoms with Gasteiger partial charge in [-0.25, -0.2) is 8.78 Å². The van der Waals surface area contributed by atoms with E-state index in [2.05, 4.69) is 0 Å². The van der Waals surface area contributed by atoms with E-state index in [1.165, 1.54) is 24.3 Å². The van der Waals surface area contributed by atoms with Crippen molar-refractivity contribution in [3.8, 4) is 11.5 Å². The maximum atomic E-state index is 13.8. The summed E-state index contributed by atoms with van der Waals surface area (Å²) in [6.45, 7) is 0.792. The molecule has 41 heavy (non-hydrogen) atoms. The molecule has 0 N–H and O–H groups in total. The molecule has 0 saturated heterocycles. The standard InChI is InChI=1S/C35H28F2N2O2/c36-29-14-11-27(12-15-29)32-22-33(39(38-32)31-18-16-30(37)17-19-31)28-13-20-34(40-23-25-7-3-1-4-8-25)35(21-28)41-24-26-9-5-2-6-10-26/h1-21,33H,22-24H2. The van der Waals surface area contributed by atoms with Crippen molar-refractivity contribution < 1.29 is 18.3 Å². The highest BCUT2D eigenvalue weighted by Gasteiger charge is 2.31. The molecule has 4 nitrogen and oxygen atoms in total. The summed E-state index contributed by atoms with van der Waals surface area (Å²) in [7, 11) is 0. The first-order chi connectivity index (χ1) is 20.1. The predicted molar refractivity (Wildman–Crippen MR) is 157 cm³/mol. The molecule has 0 amide bonds. The first-order valence-electron chi connectivity index (χ1n) is 13.5. The van der Waals surface area contributed by atoms with Gasteiger partial charge in [0, 0.05) is 6.42 Å². The molecule has 0 bridgehead atoms. The molecule has 1 aliphatic rings. The molecule has 1 aliphatic heterocycles. The fourth-order valence-corrected chi connectivity index (χ4v) is 4.85. The first kappa shape index (κ1) is 26.3. The van der Waals surface area contributed by atoms with E-state index >= 15 is 0 Å². The van der Waals surface area contributed by atoms with Crippen LogP contribution in [0.15, 0.2) is 132 Å². The minimum absolute atomic E-state index is 0.192. The Balaban J connectivity index is 1.33. The Morgan fingerprint density at radius 2 is 1.20 bits per heavy atom. The maximum absolute atomic E-state index is 13.8. The molecular weight excluding hydrogens is 518 g/mol. The number of halogens is 2. The fraction of sp³-hybridized carbons (Fsp3) is 0.114. The zero-order chi connectivity index (χ0) is 28.0. The number of hydrogen-bond acceptors (Lipinski definition) is 4. The van der Waals surface area contributed by atoms with Gasteiger partial charge in [-0.1, -0.05) is 78.9 Å². The van der Waals surface area contributed by atoms with Gasteiger partial charge in [0.1, 0.15) is 24.8 Å². The lowest BCUT2D eigenvalue weighted by atomic mass is 9.97. The zero-order valence-corrected chi connectivity index (χ0v) is 22.3. The van der Waals surface area contributed by atoms with E-state index in [-0.39, 0.29) is 17.7 Å². The lowest BCUT2D eigenvalue weighted by Gasteiger charge is -2.25. The Morgan fingerprint density at radius 1 is 0.634 bits per heavy atom. The number of nitrogens with zero attached hydrogens (tertiary/aromatic N) is 2. The maximum Gasteiger partial charge on any atom is 0.162 e. The van der Waals surface area contributed by atoms with E-state index in [9.17, 15) is 8.78 Å². The van der Waals surface area contributed by atoms with Crippen molar-refractivity contribution in [2.45, 2.75) is 25.7 Å². The lowest BCUT2D eigenvalue weighted by molar-refractivity contribution is 0.255. The summed E-state index contributed by atoms with van der Waals surface area (Å²) >= 11 is 0. The zero-order valence-electron chi connectivity index (χ0n) is 22.3. The van der Waals surface area contributed by atoms with Crippen LogP contribution in [0.1, 0.15) is 34.7 Å². The Bertz CT molecular complexity index is 1620. The van der Waals surface area contributed by atoms with Crippen LogP contribution in [0.2, 0.25) is 0 Å². The van der Waals surface area contributed by atoms with Crippen molar-refractivity contribution >= 4 is 11.4 Å². The molecule has 6 rings (SSSR count). The van der Waals surface area contributed by atoms with E-state index < -0.39 is 0 Å². The molecule has 0 saturated carbocycles. The van der Waals surface area contributed by atoms with Crippen LogP contribution in [0.25, 0.3) is 0 Å². The molecule has 1 unspecified atom stereocenters. The molecule has 0 aromatic heterocycles. The third-order valence-corrected chi connectivity index (χ3v) is 7.01. The summed E-state index contributed by atoms with van der Waals surface area (Å²) in [5.41, 5.74) is 5.47. The van der Waals surface area contributed by atoms with Crippen molar-refractivity contribution in [2.75, 3.05) is 5.01 Å². The van der Waals surface area contributed by atoms with Gasteiger partial charge in [-0.05, 0) is 70.8 Å². The third-order valence-electron chi connectivity index (χ3n) is 7.01. The molecule has 6 heteroatoms. The second-order valence-electron chi connectivity index (χ2n) is 9.85. The summed E-state index contributed by atoms with van der Waals surface area (Å²) < 4.78 is 39.9. The van der Waals surface area contributed by atoms with Crippen molar-refractivity contribution in [3.05, 3.63) is 161 Å². The van der Waals surface area contributed by atoms with Gasteiger partial charge in [0.15, 0.2) is 11.5 Å². The normalized spacial score (nSPS) is 14.5. The van der Waals surface area contributed by atoms with Crippen LogP contribution in [0.3, 0.4) is 0 Å². The van der Waals surface area contributed by atoms with Gasteiger partial charge in [0.25, 0.3) is 0 Å². The van der Waals surface area contributed by atoms with Gasteiger partial charge in [0.05, 0.1) is 17.4 Å². The van der Waals surface area contributed by atoms with Gasteiger partial charge in [0.2, 0.25) is 0 Å². The number of hydrazone groups is 1. The van der Waals surface area contributed by atoms with Crippen LogP contribution in [0.4, 0.5) is 14.5 Å². The highest BCUT2D eigenvalue weighted by Crippen LogP contribution is 2.40. The van der Waals surface area contributed by atoms with Crippen molar-refractivity contribution in [1.29, 1.82) is 0 Å². The Kier molecular flexibility index (Phi) is 7.72. The van der Waals surface area contributed by atoms with Crippen LogP contribution >= 0.6 is 0 Å². The molecular formula is C35H28F2N2O2. The number of rotatable bonds is 9. The Hall–Kier alpha value is -4.97. The van der Waals surface area contributed by atoms with E-state index in [1.807, 2.05) is 83.9 Å². The summed E-state index contributed by atoms with van der Waals surface area (Å²) in [5.74, 6) is 0.644. The van der Waals surface area contributed by atoms with Crippen LogP contribution in [-0.2, 0) is 13.2 Å². The lowest BCUT2D eigenvalue weighted by Crippen LogP contribution is -2.18. The van der Waals surface area contributed by atoms with E-state index in [0.29, 0.717) is 31.1 Å². The van der Waals surface area contributed by atoms with Crippen molar-refractivity contribution in [2.24, 2.45) is 5.10 Å². The molecule has 5 aromatic rings. The quantitative estimate of drug-likeness (QED) is 0.186. The first-order valence-corrected chi connectivity index (χ1v) is 13.5. The monoisotopic (exact) mass is 546 g/mol. The average Bonchev–Trinajstić information content (AvgIpc) is 3.46. The van der Waals surface area contributed by atoms with Crippen molar-refractivity contribution in [1.82, 2.24) is 0 Å². The molecule has 0 aliphatic carbocycles. The second-order valence-corrected chi connectivity index (χ2v) is 9.85. The fourth-order valence-electron chi connectivity index (χ4n) is 4.85. The minimum Gasteiger partial charge on any atom is -0.485 e. The largest absolute Gasteiger partial charge is 0.485 e. The average molecular weight is 547 g/mol.